The van der Waals surface area contributed by atoms with Gasteiger partial charge in [0.05, 0.1) is 0 Å². The predicted octanol–water partition coefficient (Wildman–Crippen LogP) is 4.14. The lowest BCUT2D eigenvalue weighted by Crippen LogP contribution is -2.44. The Morgan fingerprint density at radius 3 is 2.75 bits per heavy atom. The van der Waals surface area contributed by atoms with E-state index in [0.29, 0.717) is 23.9 Å². The molecule has 1 heterocycles. The van der Waals surface area contributed by atoms with Crippen LogP contribution in [0.4, 0.5) is 0 Å². The van der Waals surface area contributed by atoms with Gasteiger partial charge in [0.25, 0.3) is 5.91 Å². The number of hydrogen-bond donors (Lipinski definition) is 1. The van der Waals surface area contributed by atoms with Gasteiger partial charge in [-0.15, -0.1) is 0 Å². The van der Waals surface area contributed by atoms with E-state index in [1.54, 1.807) is 0 Å². The van der Waals surface area contributed by atoms with E-state index in [1.165, 1.54) is 25.7 Å². The molecule has 0 spiro atoms. The highest BCUT2D eigenvalue weighted by atomic mass is 79.9. The lowest BCUT2D eigenvalue weighted by molar-refractivity contribution is 0.0881. The van der Waals surface area contributed by atoms with Gasteiger partial charge in [-0.1, -0.05) is 26.7 Å². The lowest BCUT2D eigenvalue weighted by atomic mass is 9.78. The van der Waals surface area contributed by atoms with Crippen LogP contribution in [-0.4, -0.2) is 16.5 Å². The van der Waals surface area contributed by atoms with E-state index < -0.39 is 0 Å². The van der Waals surface area contributed by atoms with Crippen LogP contribution in [0.2, 0.25) is 0 Å². The summed E-state index contributed by atoms with van der Waals surface area (Å²) < 4.78 is 3.13. The summed E-state index contributed by atoms with van der Waals surface area (Å²) in [6, 6.07) is 2.81. The van der Waals surface area contributed by atoms with Gasteiger partial charge in [0.1, 0.15) is 5.69 Å². The molecule has 2 fully saturated rings. The first-order valence-electron chi connectivity index (χ1n) is 7.74. The molecule has 3 nitrogen and oxygen atoms in total. The highest BCUT2D eigenvalue weighted by molar-refractivity contribution is 9.10. The molecule has 20 heavy (non-hydrogen) atoms. The molecule has 0 saturated heterocycles. The van der Waals surface area contributed by atoms with E-state index in [-0.39, 0.29) is 5.91 Å². The first-order valence-corrected chi connectivity index (χ1v) is 8.54. The largest absolute Gasteiger partial charge is 0.348 e. The van der Waals surface area contributed by atoms with Gasteiger partial charge in [-0.25, -0.2) is 0 Å². The SMILES string of the molecule is CC1CCCC(NC(=O)c2cc(Br)cn2C2CC2)C1C. The second kappa shape index (κ2) is 5.55. The van der Waals surface area contributed by atoms with Crippen molar-refractivity contribution in [2.75, 3.05) is 0 Å². The molecule has 110 valence electrons. The zero-order valence-corrected chi connectivity index (χ0v) is 13.8. The zero-order valence-electron chi connectivity index (χ0n) is 12.2. The summed E-state index contributed by atoms with van der Waals surface area (Å²) in [6.45, 7) is 4.57. The topological polar surface area (TPSA) is 34.0 Å². The molecule has 3 atom stereocenters. The second-order valence-corrected chi connectivity index (χ2v) is 7.44. The van der Waals surface area contributed by atoms with Crippen LogP contribution in [0.15, 0.2) is 16.7 Å². The molecule has 3 unspecified atom stereocenters. The minimum Gasteiger partial charge on any atom is -0.348 e. The number of carbonyl (C=O) groups excluding carboxylic acids is 1. The van der Waals surface area contributed by atoms with E-state index in [2.05, 4.69) is 39.7 Å². The Labute approximate surface area is 129 Å². The first-order chi connectivity index (χ1) is 9.56. The highest BCUT2D eigenvalue weighted by Crippen LogP contribution is 2.37. The predicted molar refractivity (Wildman–Crippen MR) is 83.8 cm³/mol. The third-order valence-corrected chi connectivity index (χ3v) is 5.45. The number of rotatable bonds is 3. The van der Waals surface area contributed by atoms with Gasteiger partial charge in [0, 0.05) is 22.8 Å². The van der Waals surface area contributed by atoms with Gasteiger partial charge in [-0.2, -0.15) is 0 Å². The molecular formula is C16H23BrN2O. The fourth-order valence-electron chi connectivity index (χ4n) is 3.31. The van der Waals surface area contributed by atoms with Crippen molar-refractivity contribution in [3.63, 3.8) is 0 Å². The van der Waals surface area contributed by atoms with Crippen LogP contribution in [0, 0.1) is 11.8 Å². The monoisotopic (exact) mass is 338 g/mol. The number of carbonyl (C=O) groups is 1. The van der Waals surface area contributed by atoms with Gasteiger partial charge in [-0.3, -0.25) is 4.79 Å². The maximum atomic E-state index is 12.6. The Kier molecular flexibility index (Phi) is 3.93. The smallest absolute Gasteiger partial charge is 0.268 e. The Bertz CT molecular complexity index is 507. The van der Waals surface area contributed by atoms with Crippen molar-refractivity contribution in [3.8, 4) is 0 Å². The molecule has 0 aromatic carbocycles. The summed E-state index contributed by atoms with van der Waals surface area (Å²) in [6.07, 6.45) is 8.06. The van der Waals surface area contributed by atoms with Gasteiger partial charge in [-0.05, 0) is 53.1 Å². The van der Waals surface area contributed by atoms with Crippen LogP contribution in [0.3, 0.4) is 0 Å². The summed E-state index contributed by atoms with van der Waals surface area (Å²) in [5.41, 5.74) is 0.810. The van der Waals surface area contributed by atoms with Crippen LogP contribution in [0.25, 0.3) is 0 Å². The molecule has 0 aliphatic heterocycles. The summed E-state index contributed by atoms with van der Waals surface area (Å²) in [7, 11) is 0. The molecular weight excluding hydrogens is 316 g/mol. The fourth-order valence-corrected chi connectivity index (χ4v) is 3.75. The highest BCUT2D eigenvalue weighted by Gasteiger charge is 2.31. The minimum absolute atomic E-state index is 0.0913. The average molecular weight is 339 g/mol. The standard InChI is InChI=1S/C16H23BrN2O/c1-10-4-3-5-14(11(10)2)18-16(20)15-8-12(17)9-19(15)13-6-7-13/h8-11,13-14H,3-7H2,1-2H3,(H,18,20). The maximum absolute atomic E-state index is 12.6. The van der Waals surface area contributed by atoms with E-state index in [4.69, 9.17) is 0 Å². The number of amides is 1. The summed E-state index contributed by atoms with van der Waals surface area (Å²) in [5, 5.41) is 3.27. The van der Waals surface area contributed by atoms with Gasteiger partial charge in [0.15, 0.2) is 0 Å². The number of halogens is 1. The summed E-state index contributed by atoms with van der Waals surface area (Å²) >= 11 is 3.49. The van der Waals surface area contributed by atoms with E-state index in [9.17, 15) is 4.79 Å². The van der Waals surface area contributed by atoms with Crippen LogP contribution in [0.1, 0.15) is 62.5 Å². The van der Waals surface area contributed by atoms with Crippen LogP contribution >= 0.6 is 15.9 Å². The van der Waals surface area contributed by atoms with E-state index >= 15 is 0 Å². The molecule has 3 rings (SSSR count). The van der Waals surface area contributed by atoms with Gasteiger partial charge < -0.3 is 9.88 Å². The lowest BCUT2D eigenvalue weighted by Gasteiger charge is -2.34. The zero-order chi connectivity index (χ0) is 14.3. The normalized spacial score (nSPS) is 30.2. The van der Waals surface area contributed by atoms with Crippen molar-refractivity contribution in [2.24, 2.45) is 11.8 Å². The Morgan fingerprint density at radius 1 is 1.30 bits per heavy atom. The summed E-state index contributed by atoms with van der Waals surface area (Å²) in [5.74, 6) is 1.37. The third kappa shape index (κ3) is 2.80. The molecule has 1 aromatic rings. The van der Waals surface area contributed by atoms with Crippen molar-refractivity contribution in [1.82, 2.24) is 9.88 Å². The van der Waals surface area contributed by atoms with Gasteiger partial charge in [0.2, 0.25) is 0 Å². The van der Waals surface area contributed by atoms with Crippen molar-refractivity contribution < 1.29 is 4.79 Å². The number of nitrogens with one attached hydrogen (secondary N) is 1. The Balaban J connectivity index is 1.72. The van der Waals surface area contributed by atoms with E-state index in [0.717, 1.165) is 16.6 Å². The van der Waals surface area contributed by atoms with Gasteiger partial charge >= 0.3 is 0 Å². The van der Waals surface area contributed by atoms with Crippen molar-refractivity contribution in [2.45, 2.75) is 58.0 Å². The van der Waals surface area contributed by atoms with Crippen LogP contribution < -0.4 is 5.32 Å². The molecule has 4 heteroatoms. The summed E-state index contributed by atoms with van der Waals surface area (Å²) in [4.78, 5) is 12.6. The van der Waals surface area contributed by atoms with Crippen LogP contribution in [-0.2, 0) is 0 Å². The molecule has 0 radical (unpaired) electrons. The van der Waals surface area contributed by atoms with Crippen LogP contribution in [0.5, 0.6) is 0 Å². The third-order valence-electron chi connectivity index (χ3n) is 5.01. The Hall–Kier alpha value is -0.770. The minimum atomic E-state index is 0.0913. The van der Waals surface area contributed by atoms with Crippen molar-refractivity contribution in [3.05, 3.63) is 22.4 Å². The number of nitrogens with zero attached hydrogens (tertiary/aromatic N) is 1. The number of hydrogen-bond acceptors (Lipinski definition) is 1. The van der Waals surface area contributed by atoms with E-state index in [1.807, 2.05) is 12.3 Å². The fraction of sp³-hybridized carbons (Fsp3) is 0.688. The molecule has 2 aliphatic rings. The molecule has 1 N–H and O–H groups in total. The Morgan fingerprint density at radius 2 is 2.05 bits per heavy atom. The molecule has 0 bridgehead atoms. The second-order valence-electron chi connectivity index (χ2n) is 6.53. The quantitative estimate of drug-likeness (QED) is 0.882. The molecule has 1 amide bonds. The first kappa shape index (κ1) is 14.2. The number of aromatic nitrogens is 1. The van der Waals surface area contributed by atoms with Crippen molar-refractivity contribution >= 4 is 21.8 Å². The molecule has 1 aromatic heterocycles. The molecule has 2 saturated carbocycles. The average Bonchev–Trinajstić information content (AvgIpc) is 3.18. The maximum Gasteiger partial charge on any atom is 0.268 e. The molecule has 2 aliphatic carbocycles. The van der Waals surface area contributed by atoms with Crippen molar-refractivity contribution in [1.29, 1.82) is 0 Å².